The molecular weight excluding hydrogens is 196 g/mol. The first-order chi connectivity index (χ1) is 7.65. The van der Waals surface area contributed by atoms with E-state index in [1.807, 2.05) is 0 Å². The van der Waals surface area contributed by atoms with Crippen LogP contribution in [0.2, 0.25) is 0 Å². The largest absolute Gasteiger partial charge is 0.390 e. The molecule has 0 aromatic carbocycles. The van der Waals surface area contributed by atoms with Crippen LogP contribution in [0.4, 0.5) is 0 Å². The maximum atomic E-state index is 10.7. The molecule has 3 saturated carbocycles. The lowest BCUT2D eigenvalue weighted by molar-refractivity contribution is -0.0334. The van der Waals surface area contributed by atoms with Crippen LogP contribution < -0.4 is 0 Å². The fourth-order valence-electron chi connectivity index (χ4n) is 4.62. The van der Waals surface area contributed by atoms with Crippen molar-refractivity contribution in [2.45, 2.75) is 70.3 Å². The molecule has 0 saturated heterocycles. The summed E-state index contributed by atoms with van der Waals surface area (Å²) in [6.45, 7) is 2.33. The Morgan fingerprint density at radius 1 is 1.06 bits per heavy atom. The van der Waals surface area contributed by atoms with Gasteiger partial charge in [0.25, 0.3) is 0 Å². The summed E-state index contributed by atoms with van der Waals surface area (Å²) in [5.74, 6) is 3.73. The molecule has 3 aliphatic rings. The number of fused-ring (bicyclic) bond motifs is 2. The molecular formula is C15H26O. The van der Waals surface area contributed by atoms with E-state index >= 15 is 0 Å². The molecule has 2 bridgehead atoms. The lowest BCUT2D eigenvalue weighted by atomic mass is 9.72. The van der Waals surface area contributed by atoms with E-state index in [9.17, 15) is 5.11 Å². The molecule has 3 aliphatic carbocycles. The summed E-state index contributed by atoms with van der Waals surface area (Å²) in [4.78, 5) is 0. The number of aliphatic hydroxyl groups is 1. The molecule has 3 unspecified atom stereocenters. The molecule has 0 amide bonds. The van der Waals surface area contributed by atoms with Crippen molar-refractivity contribution in [2.24, 2.45) is 23.7 Å². The van der Waals surface area contributed by atoms with Gasteiger partial charge in [-0.05, 0) is 75.0 Å². The van der Waals surface area contributed by atoms with Gasteiger partial charge in [0.15, 0.2) is 0 Å². The van der Waals surface area contributed by atoms with E-state index in [2.05, 4.69) is 6.92 Å². The molecule has 1 N–H and O–H groups in total. The third-order valence-electron chi connectivity index (χ3n) is 5.73. The molecule has 16 heavy (non-hydrogen) atoms. The quantitative estimate of drug-likeness (QED) is 0.754. The van der Waals surface area contributed by atoms with Crippen molar-refractivity contribution in [1.29, 1.82) is 0 Å². The first-order valence-electron chi connectivity index (χ1n) is 7.37. The second-order valence-corrected chi connectivity index (χ2v) is 7.05. The van der Waals surface area contributed by atoms with Gasteiger partial charge in [0.05, 0.1) is 5.60 Å². The zero-order valence-electron chi connectivity index (χ0n) is 10.6. The Morgan fingerprint density at radius 2 is 1.81 bits per heavy atom. The average molecular weight is 222 g/mol. The summed E-state index contributed by atoms with van der Waals surface area (Å²) >= 11 is 0. The summed E-state index contributed by atoms with van der Waals surface area (Å²) in [5.41, 5.74) is -0.276. The zero-order valence-corrected chi connectivity index (χ0v) is 10.6. The highest BCUT2D eigenvalue weighted by atomic mass is 16.3. The SMILES string of the molecule is CC1CCC(O)(CC2CC3CCC2C3)CC1. The molecule has 3 atom stereocenters. The zero-order chi connectivity index (χ0) is 11.2. The summed E-state index contributed by atoms with van der Waals surface area (Å²) in [6.07, 6.45) is 11.6. The van der Waals surface area contributed by atoms with E-state index in [0.717, 1.165) is 42.9 Å². The molecule has 0 heterocycles. The summed E-state index contributed by atoms with van der Waals surface area (Å²) < 4.78 is 0. The van der Waals surface area contributed by atoms with E-state index in [1.165, 1.54) is 38.5 Å². The number of rotatable bonds is 2. The topological polar surface area (TPSA) is 20.2 Å². The normalized spacial score (nSPS) is 52.1. The predicted molar refractivity (Wildman–Crippen MR) is 66.1 cm³/mol. The van der Waals surface area contributed by atoms with E-state index in [4.69, 9.17) is 0 Å². The van der Waals surface area contributed by atoms with Crippen molar-refractivity contribution in [2.75, 3.05) is 0 Å². The monoisotopic (exact) mass is 222 g/mol. The lowest BCUT2D eigenvalue weighted by Gasteiger charge is -2.38. The highest BCUT2D eigenvalue weighted by Crippen LogP contribution is 2.52. The predicted octanol–water partition coefficient (Wildman–Crippen LogP) is 3.75. The molecule has 0 aliphatic heterocycles. The maximum Gasteiger partial charge on any atom is 0.0650 e. The van der Waals surface area contributed by atoms with Gasteiger partial charge in [-0.1, -0.05) is 13.3 Å². The van der Waals surface area contributed by atoms with Gasteiger partial charge in [0.2, 0.25) is 0 Å². The van der Waals surface area contributed by atoms with Gasteiger partial charge in [0.1, 0.15) is 0 Å². The molecule has 0 radical (unpaired) electrons. The Morgan fingerprint density at radius 3 is 2.38 bits per heavy atom. The van der Waals surface area contributed by atoms with Crippen molar-refractivity contribution in [3.63, 3.8) is 0 Å². The summed E-state index contributed by atoms with van der Waals surface area (Å²) in [5, 5.41) is 10.7. The fourth-order valence-corrected chi connectivity index (χ4v) is 4.62. The molecule has 1 nitrogen and oxygen atoms in total. The molecule has 3 fully saturated rings. The van der Waals surface area contributed by atoms with Gasteiger partial charge in [0, 0.05) is 0 Å². The van der Waals surface area contributed by atoms with E-state index < -0.39 is 0 Å². The highest BCUT2D eigenvalue weighted by Gasteiger charge is 2.43. The van der Waals surface area contributed by atoms with Gasteiger partial charge in [-0.3, -0.25) is 0 Å². The minimum absolute atomic E-state index is 0.276. The van der Waals surface area contributed by atoms with Crippen LogP contribution in [0.5, 0.6) is 0 Å². The van der Waals surface area contributed by atoms with Gasteiger partial charge < -0.3 is 5.11 Å². The van der Waals surface area contributed by atoms with Crippen LogP contribution in [0.3, 0.4) is 0 Å². The van der Waals surface area contributed by atoms with Crippen molar-refractivity contribution < 1.29 is 5.11 Å². The maximum absolute atomic E-state index is 10.7. The standard InChI is InChI=1S/C15H26O/c1-11-4-6-15(16,7-5-11)10-14-9-12-2-3-13(14)8-12/h11-14,16H,2-10H2,1H3. The van der Waals surface area contributed by atoms with E-state index in [-0.39, 0.29) is 5.60 Å². The van der Waals surface area contributed by atoms with Gasteiger partial charge >= 0.3 is 0 Å². The van der Waals surface area contributed by atoms with Gasteiger partial charge in [-0.15, -0.1) is 0 Å². The van der Waals surface area contributed by atoms with Crippen LogP contribution in [-0.2, 0) is 0 Å². The summed E-state index contributed by atoms with van der Waals surface area (Å²) in [6, 6.07) is 0. The van der Waals surface area contributed by atoms with Crippen molar-refractivity contribution >= 4 is 0 Å². The Labute approximate surface area is 99.6 Å². The Hall–Kier alpha value is -0.0400. The first kappa shape index (κ1) is 11.1. The minimum atomic E-state index is -0.276. The second kappa shape index (κ2) is 4.01. The Balaban J connectivity index is 1.58. The fraction of sp³-hybridized carbons (Fsp3) is 1.00. The van der Waals surface area contributed by atoms with Crippen LogP contribution in [-0.4, -0.2) is 10.7 Å². The van der Waals surface area contributed by atoms with Crippen LogP contribution >= 0.6 is 0 Å². The number of hydrogen-bond acceptors (Lipinski definition) is 1. The van der Waals surface area contributed by atoms with Crippen molar-refractivity contribution in [1.82, 2.24) is 0 Å². The van der Waals surface area contributed by atoms with Crippen LogP contribution in [0, 0.1) is 23.7 Å². The number of hydrogen-bond donors (Lipinski definition) is 1. The second-order valence-electron chi connectivity index (χ2n) is 7.05. The lowest BCUT2D eigenvalue weighted by Crippen LogP contribution is -2.36. The first-order valence-corrected chi connectivity index (χ1v) is 7.37. The van der Waals surface area contributed by atoms with Crippen LogP contribution in [0.25, 0.3) is 0 Å². The molecule has 3 rings (SSSR count). The van der Waals surface area contributed by atoms with Crippen molar-refractivity contribution in [3.8, 4) is 0 Å². The Kier molecular flexibility index (Phi) is 2.78. The van der Waals surface area contributed by atoms with E-state index in [0.29, 0.717) is 0 Å². The summed E-state index contributed by atoms with van der Waals surface area (Å²) in [7, 11) is 0. The third-order valence-corrected chi connectivity index (χ3v) is 5.73. The molecule has 0 aromatic heterocycles. The highest BCUT2D eigenvalue weighted by molar-refractivity contribution is 4.95. The van der Waals surface area contributed by atoms with Crippen LogP contribution in [0.1, 0.15) is 64.7 Å². The van der Waals surface area contributed by atoms with Crippen molar-refractivity contribution in [3.05, 3.63) is 0 Å². The molecule has 1 heteroatoms. The smallest absolute Gasteiger partial charge is 0.0650 e. The minimum Gasteiger partial charge on any atom is -0.390 e. The average Bonchev–Trinajstić information content (AvgIpc) is 2.84. The Bertz CT molecular complexity index is 252. The third kappa shape index (κ3) is 2.03. The van der Waals surface area contributed by atoms with Gasteiger partial charge in [-0.2, -0.15) is 0 Å². The van der Waals surface area contributed by atoms with Gasteiger partial charge in [-0.25, -0.2) is 0 Å². The molecule has 92 valence electrons. The van der Waals surface area contributed by atoms with Crippen LogP contribution in [0.15, 0.2) is 0 Å². The molecule has 0 aromatic rings. The van der Waals surface area contributed by atoms with E-state index in [1.54, 1.807) is 0 Å². The molecule has 0 spiro atoms.